The highest BCUT2D eigenvalue weighted by molar-refractivity contribution is 6.31. The molecule has 0 spiro atoms. The number of oxazole rings is 1. The number of benzene rings is 1. The molecular weight excluding hydrogens is 236 g/mol. The molecule has 0 saturated carbocycles. The summed E-state index contributed by atoms with van der Waals surface area (Å²) in [6.07, 6.45) is 2.07. The van der Waals surface area contributed by atoms with Crippen molar-refractivity contribution >= 4 is 22.7 Å². The first-order valence-corrected chi connectivity index (χ1v) is 6.30. The molecule has 2 N–H and O–H groups in total. The molecule has 3 nitrogen and oxygen atoms in total. The second-order valence-corrected chi connectivity index (χ2v) is 4.78. The zero-order valence-electron chi connectivity index (χ0n) is 10.2. The smallest absolute Gasteiger partial charge is 0.199 e. The van der Waals surface area contributed by atoms with Crippen molar-refractivity contribution in [1.82, 2.24) is 4.98 Å². The quantitative estimate of drug-likeness (QED) is 0.904. The number of hydrogen-bond acceptors (Lipinski definition) is 3. The van der Waals surface area contributed by atoms with E-state index < -0.39 is 0 Å². The van der Waals surface area contributed by atoms with Crippen LogP contribution in [0.25, 0.3) is 11.1 Å². The summed E-state index contributed by atoms with van der Waals surface area (Å²) in [5.41, 5.74) is 8.40. The molecule has 0 aliphatic heterocycles. The van der Waals surface area contributed by atoms with Crippen molar-refractivity contribution in [3.8, 4) is 0 Å². The largest absolute Gasteiger partial charge is 0.440 e. The van der Waals surface area contributed by atoms with E-state index in [9.17, 15) is 0 Å². The molecule has 1 heterocycles. The lowest BCUT2D eigenvalue weighted by molar-refractivity contribution is 0.452. The fraction of sp³-hybridized carbons (Fsp3) is 0.462. The van der Waals surface area contributed by atoms with Crippen molar-refractivity contribution < 1.29 is 4.42 Å². The summed E-state index contributed by atoms with van der Waals surface area (Å²) >= 11 is 6.00. The number of aromatic nitrogens is 1. The van der Waals surface area contributed by atoms with E-state index in [0.29, 0.717) is 11.6 Å². The fourth-order valence-electron chi connectivity index (χ4n) is 2.04. The number of rotatable bonds is 4. The Balaban J connectivity index is 2.46. The molecule has 1 atom stereocenters. The molecule has 0 aliphatic rings. The van der Waals surface area contributed by atoms with Crippen molar-refractivity contribution in [2.45, 2.75) is 32.6 Å². The van der Waals surface area contributed by atoms with Gasteiger partial charge in [-0.3, -0.25) is 0 Å². The lowest BCUT2D eigenvalue weighted by Gasteiger charge is -2.07. The van der Waals surface area contributed by atoms with Crippen LogP contribution in [0.5, 0.6) is 0 Å². The molecule has 1 aromatic heterocycles. The van der Waals surface area contributed by atoms with Gasteiger partial charge < -0.3 is 10.2 Å². The number of halogens is 1. The Morgan fingerprint density at radius 3 is 2.88 bits per heavy atom. The molecule has 92 valence electrons. The van der Waals surface area contributed by atoms with E-state index in [1.807, 2.05) is 19.1 Å². The molecule has 0 fully saturated rings. The molecule has 17 heavy (non-hydrogen) atoms. The lowest BCUT2D eigenvalue weighted by atomic mass is 10.0. The zero-order chi connectivity index (χ0) is 12.4. The number of nitrogens with two attached hydrogens (primary N) is 1. The SMILES string of the molecule is CCCC(CN)c1nc2cc(Cl)cc(C)c2o1. The van der Waals surface area contributed by atoms with Gasteiger partial charge in [0.05, 0.1) is 0 Å². The van der Waals surface area contributed by atoms with Crippen molar-refractivity contribution in [3.63, 3.8) is 0 Å². The molecular formula is C13H17ClN2O. The topological polar surface area (TPSA) is 52.0 Å². The molecule has 2 rings (SSSR count). The average molecular weight is 253 g/mol. The van der Waals surface area contributed by atoms with Crippen LogP contribution >= 0.6 is 11.6 Å². The lowest BCUT2D eigenvalue weighted by Crippen LogP contribution is -2.12. The molecule has 0 aliphatic carbocycles. The highest BCUT2D eigenvalue weighted by Crippen LogP contribution is 2.28. The second-order valence-electron chi connectivity index (χ2n) is 4.34. The van der Waals surface area contributed by atoms with E-state index in [1.165, 1.54) is 0 Å². The van der Waals surface area contributed by atoms with Gasteiger partial charge in [-0.1, -0.05) is 24.9 Å². The minimum absolute atomic E-state index is 0.200. The van der Waals surface area contributed by atoms with E-state index in [2.05, 4.69) is 11.9 Å². The Morgan fingerprint density at radius 1 is 1.47 bits per heavy atom. The Labute approximate surface area is 106 Å². The third-order valence-corrected chi connectivity index (χ3v) is 3.15. The van der Waals surface area contributed by atoms with Gasteiger partial charge in [0.1, 0.15) is 5.52 Å². The van der Waals surface area contributed by atoms with Crippen LogP contribution in [-0.4, -0.2) is 11.5 Å². The van der Waals surface area contributed by atoms with Crippen molar-refractivity contribution in [2.24, 2.45) is 5.73 Å². The van der Waals surface area contributed by atoms with Gasteiger partial charge in [0.2, 0.25) is 0 Å². The summed E-state index contributed by atoms with van der Waals surface area (Å²) in [6.45, 7) is 4.67. The first-order valence-electron chi connectivity index (χ1n) is 5.92. The van der Waals surface area contributed by atoms with Crippen LogP contribution in [0, 0.1) is 6.92 Å². The van der Waals surface area contributed by atoms with E-state index in [1.54, 1.807) is 0 Å². The van der Waals surface area contributed by atoms with Gasteiger partial charge in [0.25, 0.3) is 0 Å². The normalized spacial score (nSPS) is 13.2. The standard InChI is InChI=1S/C13H17ClN2O/c1-3-4-9(7-15)13-16-11-6-10(14)5-8(2)12(11)17-13/h5-6,9H,3-4,7,15H2,1-2H3. The average Bonchev–Trinajstić information content (AvgIpc) is 2.69. The van der Waals surface area contributed by atoms with E-state index in [0.717, 1.165) is 35.4 Å². The van der Waals surface area contributed by atoms with E-state index >= 15 is 0 Å². The van der Waals surface area contributed by atoms with Gasteiger partial charge in [-0.25, -0.2) is 4.98 Å². The number of fused-ring (bicyclic) bond motifs is 1. The Hall–Kier alpha value is -1.06. The maximum Gasteiger partial charge on any atom is 0.199 e. The Bertz CT molecular complexity index is 521. The van der Waals surface area contributed by atoms with Gasteiger partial charge in [-0.2, -0.15) is 0 Å². The predicted octanol–water partition coefficient (Wildman–Crippen LogP) is 3.63. The van der Waals surface area contributed by atoms with Crippen LogP contribution in [0.1, 0.15) is 37.1 Å². The van der Waals surface area contributed by atoms with Crippen molar-refractivity contribution in [3.05, 3.63) is 28.6 Å². The summed E-state index contributed by atoms with van der Waals surface area (Å²) in [5, 5.41) is 0.689. The van der Waals surface area contributed by atoms with Crippen LogP contribution in [0.3, 0.4) is 0 Å². The van der Waals surface area contributed by atoms with Crippen molar-refractivity contribution in [2.75, 3.05) is 6.54 Å². The van der Waals surface area contributed by atoms with Gasteiger partial charge >= 0.3 is 0 Å². The molecule has 1 aromatic carbocycles. The number of nitrogens with zero attached hydrogens (tertiary/aromatic N) is 1. The highest BCUT2D eigenvalue weighted by atomic mass is 35.5. The molecule has 0 amide bonds. The Morgan fingerprint density at radius 2 is 2.24 bits per heavy atom. The van der Waals surface area contributed by atoms with E-state index in [4.69, 9.17) is 21.8 Å². The summed E-state index contributed by atoms with van der Waals surface area (Å²) in [7, 11) is 0. The van der Waals surface area contributed by atoms with Crippen LogP contribution in [0.2, 0.25) is 5.02 Å². The van der Waals surface area contributed by atoms with E-state index in [-0.39, 0.29) is 5.92 Å². The second kappa shape index (κ2) is 5.07. The van der Waals surface area contributed by atoms with Crippen LogP contribution in [0.4, 0.5) is 0 Å². The maximum atomic E-state index is 6.00. The van der Waals surface area contributed by atoms with Crippen LogP contribution in [0.15, 0.2) is 16.5 Å². The third-order valence-electron chi connectivity index (χ3n) is 2.93. The number of hydrogen-bond donors (Lipinski definition) is 1. The summed E-state index contributed by atoms with van der Waals surface area (Å²) in [5.74, 6) is 0.931. The zero-order valence-corrected chi connectivity index (χ0v) is 10.9. The van der Waals surface area contributed by atoms with Crippen LogP contribution in [-0.2, 0) is 0 Å². The number of aryl methyl sites for hydroxylation is 1. The minimum atomic E-state index is 0.200. The maximum absolute atomic E-state index is 6.00. The Kier molecular flexibility index (Phi) is 3.69. The van der Waals surface area contributed by atoms with Crippen LogP contribution < -0.4 is 5.73 Å². The summed E-state index contributed by atoms with van der Waals surface area (Å²) < 4.78 is 5.81. The molecule has 0 saturated heterocycles. The molecule has 2 aromatic rings. The minimum Gasteiger partial charge on any atom is -0.440 e. The molecule has 0 radical (unpaired) electrons. The van der Waals surface area contributed by atoms with Crippen molar-refractivity contribution in [1.29, 1.82) is 0 Å². The van der Waals surface area contributed by atoms with Gasteiger partial charge in [-0.15, -0.1) is 0 Å². The molecule has 1 unspecified atom stereocenters. The monoisotopic (exact) mass is 252 g/mol. The molecule has 4 heteroatoms. The summed E-state index contributed by atoms with van der Waals surface area (Å²) in [6, 6.07) is 3.71. The first kappa shape index (κ1) is 12.4. The van der Waals surface area contributed by atoms with Gasteiger partial charge in [-0.05, 0) is 31.0 Å². The first-order chi connectivity index (χ1) is 8.15. The predicted molar refractivity (Wildman–Crippen MR) is 70.5 cm³/mol. The molecule has 0 bridgehead atoms. The highest BCUT2D eigenvalue weighted by Gasteiger charge is 2.17. The third kappa shape index (κ3) is 2.45. The van der Waals surface area contributed by atoms with Gasteiger partial charge in [0, 0.05) is 17.5 Å². The van der Waals surface area contributed by atoms with Gasteiger partial charge in [0.15, 0.2) is 11.5 Å². The summed E-state index contributed by atoms with van der Waals surface area (Å²) in [4.78, 5) is 4.49. The fourth-order valence-corrected chi connectivity index (χ4v) is 2.31.